The van der Waals surface area contributed by atoms with E-state index in [-0.39, 0.29) is 18.4 Å². The standard InChI is InChI=1S/C10H32N2Si4/c1-9(2)11(10(3)4)13-14-12(15(5)6)16(7)8/h9-10,15-16H,13-14H2,1-8H3. The number of hydrogen-bond acceptors (Lipinski definition) is 2. The molecule has 0 amide bonds. The molecule has 0 saturated heterocycles. The molecule has 0 rings (SSSR count). The summed E-state index contributed by atoms with van der Waals surface area (Å²) in [5.74, 6) is 0. The average molecular weight is 293 g/mol. The van der Waals surface area contributed by atoms with Crippen LogP contribution in [0, 0.1) is 0 Å². The van der Waals surface area contributed by atoms with Crippen molar-refractivity contribution in [2.75, 3.05) is 0 Å². The minimum absolute atomic E-state index is 0.0649. The molecule has 0 radical (unpaired) electrons. The second-order valence-corrected chi connectivity index (χ2v) is 18.6. The predicted molar refractivity (Wildman–Crippen MR) is 88.8 cm³/mol. The molecule has 98 valence electrons. The van der Waals surface area contributed by atoms with Crippen LogP contribution in [0.15, 0.2) is 0 Å². The van der Waals surface area contributed by atoms with Gasteiger partial charge in [0.2, 0.25) is 0 Å². The van der Waals surface area contributed by atoms with Gasteiger partial charge in [-0.1, -0.05) is 53.9 Å². The lowest BCUT2D eigenvalue weighted by atomic mass is 10.3. The summed E-state index contributed by atoms with van der Waals surface area (Å²) in [7, 11) is -0.816. The molecule has 0 spiro atoms. The van der Waals surface area contributed by atoms with Crippen molar-refractivity contribution in [3.05, 3.63) is 0 Å². The largest absolute Gasteiger partial charge is 0.380 e. The lowest BCUT2D eigenvalue weighted by molar-refractivity contribution is 0.317. The quantitative estimate of drug-likeness (QED) is 0.629. The van der Waals surface area contributed by atoms with Crippen molar-refractivity contribution in [1.82, 2.24) is 8.46 Å². The maximum atomic E-state index is 3.05. The summed E-state index contributed by atoms with van der Waals surface area (Å²) in [6.45, 7) is 19.5. The molecule has 0 N–H and O–H groups in total. The lowest BCUT2D eigenvalue weighted by Gasteiger charge is -2.35. The van der Waals surface area contributed by atoms with Crippen LogP contribution in [0.3, 0.4) is 0 Å². The summed E-state index contributed by atoms with van der Waals surface area (Å²) in [6.07, 6.45) is 0. The first-order chi connectivity index (χ1) is 7.27. The Bertz CT molecular complexity index is 150. The summed E-state index contributed by atoms with van der Waals surface area (Å²) >= 11 is 0. The molecule has 0 aliphatic heterocycles. The molecule has 0 fully saturated rings. The van der Waals surface area contributed by atoms with Gasteiger partial charge in [-0.05, 0) is 12.1 Å². The highest BCUT2D eigenvalue weighted by atomic mass is 29.2. The minimum atomic E-state index is -0.500. The van der Waals surface area contributed by atoms with E-state index in [4.69, 9.17) is 0 Å². The summed E-state index contributed by atoms with van der Waals surface area (Å²) in [6, 6.07) is 1.53. The van der Waals surface area contributed by atoms with Gasteiger partial charge in [0.05, 0.1) is 36.3 Å². The Balaban J connectivity index is 4.27. The van der Waals surface area contributed by atoms with E-state index in [2.05, 4.69) is 62.3 Å². The normalized spacial score (nSPS) is 14.6. The molecule has 0 bridgehead atoms. The van der Waals surface area contributed by atoms with Crippen molar-refractivity contribution in [1.29, 1.82) is 0 Å². The van der Waals surface area contributed by atoms with E-state index >= 15 is 0 Å². The first kappa shape index (κ1) is 16.8. The topological polar surface area (TPSA) is 6.48 Å². The Morgan fingerprint density at radius 3 is 1.38 bits per heavy atom. The highest BCUT2D eigenvalue weighted by molar-refractivity contribution is 7.05. The van der Waals surface area contributed by atoms with Crippen LogP contribution in [0.25, 0.3) is 0 Å². The fraction of sp³-hybridized carbons (Fsp3) is 1.00. The molecular formula is C10H32N2Si4. The summed E-state index contributed by atoms with van der Waals surface area (Å²) in [5.41, 5.74) is 0. The van der Waals surface area contributed by atoms with Gasteiger partial charge in [0.1, 0.15) is 0 Å². The highest BCUT2D eigenvalue weighted by Crippen LogP contribution is 2.04. The Morgan fingerprint density at radius 2 is 1.12 bits per heavy atom. The molecular weight excluding hydrogens is 260 g/mol. The third-order valence-corrected chi connectivity index (χ3v) is 24.9. The van der Waals surface area contributed by atoms with Gasteiger partial charge in [0, 0.05) is 0 Å². The second-order valence-electron chi connectivity index (χ2n) is 5.85. The monoisotopic (exact) mass is 292 g/mol. The maximum Gasteiger partial charge on any atom is 0.0962 e. The molecule has 0 heterocycles. The lowest BCUT2D eigenvalue weighted by Crippen LogP contribution is -2.53. The average Bonchev–Trinajstić information content (AvgIpc) is 2.09. The third kappa shape index (κ3) is 5.92. The Morgan fingerprint density at radius 1 is 0.750 bits per heavy atom. The molecule has 0 aliphatic rings. The molecule has 0 unspecified atom stereocenters. The van der Waals surface area contributed by atoms with Crippen molar-refractivity contribution < 1.29 is 0 Å². The van der Waals surface area contributed by atoms with E-state index in [1.807, 2.05) is 0 Å². The van der Waals surface area contributed by atoms with E-state index in [1.54, 1.807) is 0 Å². The first-order valence-corrected chi connectivity index (χ1v) is 17.7. The van der Waals surface area contributed by atoms with Gasteiger partial charge in [-0.2, -0.15) is 0 Å². The van der Waals surface area contributed by atoms with Gasteiger partial charge in [0.15, 0.2) is 0 Å². The van der Waals surface area contributed by atoms with Gasteiger partial charge in [-0.25, -0.2) is 0 Å². The van der Waals surface area contributed by atoms with Crippen LogP contribution in [0.1, 0.15) is 27.7 Å². The molecule has 0 atom stereocenters. The third-order valence-electron chi connectivity index (χ3n) is 3.27. The zero-order valence-corrected chi connectivity index (χ0v) is 17.8. The predicted octanol–water partition coefficient (Wildman–Crippen LogP) is 0.457. The zero-order chi connectivity index (χ0) is 12.9. The van der Waals surface area contributed by atoms with Crippen molar-refractivity contribution >= 4 is 36.3 Å². The van der Waals surface area contributed by atoms with Crippen LogP contribution in [0.4, 0.5) is 0 Å². The van der Waals surface area contributed by atoms with Crippen LogP contribution < -0.4 is 0 Å². The Hall–Kier alpha value is 0.788. The van der Waals surface area contributed by atoms with Crippen molar-refractivity contribution in [2.45, 2.75) is 66.0 Å². The fourth-order valence-electron chi connectivity index (χ4n) is 2.46. The van der Waals surface area contributed by atoms with E-state index in [0.717, 1.165) is 12.1 Å². The molecule has 0 aromatic carbocycles. The van der Waals surface area contributed by atoms with Gasteiger partial charge in [-0.3, -0.25) is 0 Å². The molecule has 0 aromatic rings. The summed E-state index contributed by atoms with van der Waals surface area (Å²) < 4.78 is 5.86. The van der Waals surface area contributed by atoms with Crippen LogP contribution in [0.5, 0.6) is 0 Å². The molecule has 6 heteroatoms. The van der Waals surface area contributed by atoms with Crippen LogP contribution >= 0.6 is 0 Å². The second kappa shape index (κ2) is 7.99. The fourth-order valence-corrected chi connectivity index (χ4v) is 28.7. The Kier molecular flexibility index (Phi) is 8.38. The molecule has 0 saturated carbocycles. The van der Waals surface area contributed by atoms with Crippen molar-refractivity contribution in [3.63, 3.8) is 0 Å². The van der Waals surface area contributed by atoms with Crippen molar-refractivity contribution in [2.24, 2.45) is 0 Å². The van der Waals surface area contributed by atoms with Gasteiger partial charge < -0.3 is 8.46 Å². The van der Waals surface area contributed by atoms with E-state index in [9.17, 15) is 0 Å². The zero-order valence-electron chi connectivity index (χ0n) is 12.6. The summed E-state index contributed by atoms with van der Waals surface area (Å²) in [5, 5.41) is 0. The Labute approximate surface area is 111 Å². The van der Waals surface area contributed by atoms with Gasteiger partial charge in [-0.15, -0.1) is 0 Å². The van der Waals surface area contributed by atoms with Gasteiger partial charge >= 0.3 is 0 Å². The van der Waals surface area contributed by atoms with E-state index in [0.29, 0.717) is 0 Å². The van der Waals surface area contributed by atoms with Crippen LogP contribution in [-0.2, 0) is 0 Å². The van der Waals surface area contributed by atoms with Crippen molar-refractivity contribution in [3.8, 4) is 0 Å². The first-order valence-electron chi connectivity index (χ1n) is 6.78. The van der Waals surface area contributed by atoms with Crippen LogP contribution in [-0.4, -0.2) is 56.9 Å². The molecule has 2 nitrogen and oxygen atoms in total. The number of hydrogen-bond donors (Lipinski definition) is 0. The molecule has 0 aliphatic carbocycles. The molecule has 16 heavy (non-hydrogen) atoms. The van der Waals surface area contributed by atoms with E-state index in [1.165, 1.54) is 0 Å². The minimum Gasteiger partial charge on any atom is -0.380 e. The highest BCUT2D eigenvalue weighted by Gasteiger charge is 2.19. The number of rotatable bonds is 7. The number of nitrogens with zero attached hydrogens (tertiary/aromatic N) is 2. The molecule has 0 aromatic heterocycles. The van der Waals surface area contributed by atoms with Crippen LogP contribution in [0.2, 0.25) is 26.2 Å². The summed E-state index contributed by atoms with van der Waals surface area (Å²) in [4.78, 5) is 0. The van der Waals surface area contributed by atoms with Gasteiger partial charge in [0.25, 0.3) is 0 Å². The van der Waals surface area contributed by atoms with E-state index < -0.39 is 17.9 Å². The SMILES string of the molecule is CC(C)N([SiH2][SiH2]N([SiH](C)C)[SiH](C)C)C(C)C. The smallest absolute Gasteiger partial charge is 0.0962 e. The maximum absolute atomic E-state index is 3.05.